The van der Waals surface area contributed by atoms with Gasteiger partial charge in [0.25, 0.3) is 5.91 Å². The highest BCUT2D eigenvalue weighted by Gasteiger charge is 2.23. The summed E-state index contributed by atoms with van der Waals surface area (Å²) >= 11 is 6.34. The number of nitrogens with zero attached hydrogens (tertiary/aromatic N) is 2. The highest BCUT2D eigenvalue weighted by Crippen LogP contribution is 2.32. The highest BCUT2D eigenvalue weighted by molar-refractivity contribution is 6.31. The fraction of sp³-hybridized carbons (Fsp3) is 0.238. The summed E-state index contributed by atoms with van der Waals surface area (Å²) in [6.45, 7) is 0.978. The zero-order valence-electron chi connectivity index (χ0n) is 15.4. The van der Waals surface area contributed by atoms with Gasteiger partial charge in [-0.15, -0.1) is 0 Å². The van der Waals surface area contributed by atoms with Crippen molar-refractivity contribution < 1.29 is 18.3 Å². The molecule has 2 aromatic carbocycles. The SMILES string of the molecule is O=C(Nc1ccn(Cc2c(Cl)cccc2OCC2CC2)n1)c1c(F)cccc1F. The molecule has 5 nitrogen and oxygen atoms in total. The van der Waals surface area contributed by atoms with E-state index in [1.54, 1.807) is 16.9 Å². The van der Waals surface area contributed by atoms with E-state index in [-0.39, 0.29) is 5.82 Å². The van der Waals surface area contributed by atoms with E-state index < -0.39 is 23.1 Å². The van der Waals surface area contributed by atoms with Crippen LogP contribution in [0.4, 0.5) is 14.6 Å². The molecule has 1 aliphatic rings. The molecule has 1 fully saturated rings. The highest BCUT2D eigenvalue weighted by atomic mass is 35.5. The summed E-state index contributed by atoms with van der Waals surface area (Å²) in [5.41, 5.74) is 0.125. The normalized spacial score (nSPS) is 13.3. The minimum atomic E-state index is -0.935. The molecule has 0 aliphatic heterocycles. The maximum atomic E-state index is 13.8. The van der Waals surface area contributed by atoms with Crippen molar-refractivity contribution in [3.63, 3.8) is 0 Å². The molecule has 8 heteroatoms. The Bertz CT molecular complexity index is 1030. The van der Waals surface area contributed by atoms with Gasteiger partial charge in [-0.3, -0.25) is 9.48 Å². The molecule has 1 heterocycles. The van der Waals surface area contributed by atoms with Crippen LogP contribution in [0.25, 0.3) is 0 Å². The summed E-state index contributed by atoms with van der Waals surface area (Å²) in [6.07, 6.45) is 4.00. The van der Waals surface area contributed by atoms with Crippen LogP contribution in [0.5, 0.6) is 5.75 Å². The van der Waals surface area contributed by atoms with Crippen molar-refractivity contribution in [1.82, 2.24) is 9.78 Å². The van der Waals surface area contributed by atoms with Crippen molar-refractivity contribution in [2.75, 3.05) is 11.9 Å². The summed E-state index contributed by atoms with van der Waals surface area (Å²) in [4.78, 5) is 12.2. The number of benzene rings is 2. The fourth-order valence-corrected chi connectivity index (χ4v) is 3.12. The molecule has 1 saturated carbocycles. The first-order valence-corrected chi connectivity index (χ1v) is 9.58. The quantitative estimate of drug-likeness (QED) is 0.594. The molecule has 1 N–H and O–H groups in total. The molecule has 0 radical (unpaired) electrons. The zero-order valence-corrected chi connectivity index (χ0v) is 16.1. The zero-order chi connectivity index (χ0) is 20.4. The third-order valence-electron chi connectivity index (χ3n) is 4.64. The molecule has 0 atom stereocenters. The van der Waals surface area contributed by atoms with Gasteiger partial charge in [-0.2, -0.15) is 5.10 Å². The third kappa shape index (κ3) is 4.56. The average Bonchev–Trinajstić information content (AvgIpc) is 3.41. The molecule has 0 bridgehead atoms. The molecule has 1 aromatic heterocycles. The number of hydrogen-bond acceptors (Lipinski definition) is 3. The Morgan fingerprint density at radius 3 is 2.62 bits per heavy atom. The van der Waals surface area contributed by atoms with Gasteiger partial charge in [0.1, 0.15) is 22.9 Å². The number of carbonyl (C=O) groups excluding carboxylic acids is 1. The Kier molecular flexibility index (Phi) is 5.49. The number of hydrogen-bond donors (Lipinski definition) is 1. The number of aromatic nitrogens is 2. The summed E-state index contributed by atoms with van der Waals surface area (Å²) in [7, 11) is 0. The number of halogens is 3. The van der Waals surface area contributed by atoms with Crippen LogP contribution in [0.15, 0.2) is 48.7 Å². The van der Waals surface area contributed by atoms with Crippen molar-refractivity contribution >= 4 is 23.3 Å². The lowest BCUT2D eigenvalue weighted by atomic mass is 10.2. The van der Waals surface area contributed by atoms with Crippen LogP contribution in [-0.4, -0.2) is 22.3 Å². The standard InChI is InChI=1S/C21H18ClF2N3O2/c22-15-3-1-6-18(29-12-13-7-8-13)14(15)11-27-10-9-19(26-27)25-21(28)20-16(23)4-2-5-17(20)24/h1-6,9-10,13H,7-8,11-12H2,(H,25,26,28). The van der Waals surface area contributed by atoms with Crippen LogP contribution < -0.4 is 10.1 Å². The molecule has 3 aromatic rings. The van der Waals surface area contributed by atoms with E-state index in [0.29, 0.717) is 29.8 Å². The Morgan fingerprint density at radius 2 is 1.90 bits per heavy atom. The van der Waals surface area contributed by atoms with E-state index in [1.807, 2.05) is 12.1 Å². The number of anilines is 1. The lowest BCUT2D eigenvalue weighted by molar-refractivity contribution is 0.101. The molecule has 0 saturated heterocycles. The van der Waals surface area contributed by atoms with E-state index >= 15 is 0 Å². The Labute approximate surface area is 171 Å². The maximum Gasteiger partial charge on any atom is 0.262 e. The first-order valence-electron chi connectivity index (χ1n) is 9.20. The first kappa shape index (κ1) is 19.4. The third-order valence-corrected chi connectivity index (χ3v) is 4.99. The van der Waals surface area contributed by atoms with Crippen LogP contribution >= 0.6 is 11.6 Å². The lowest BCUT2D eigenvalue weighted by Gasteiger charge is -2.13. The minimum absolute atomic E-state index is 0.171. The van der Waals surface area contributed by atoms with Gasteiger partial charge in [0.15, 0.2) is 5.82 Å². The van der Waals surface area contributed by atoms with Crippen LogP contribution in [0.1, 0.15) is 28.8 Å². The van der Waals surface area contributed by atoms with Crippen molar-refractivity contribution in [3.05, 3.63) is 76.4 Å². The van der Waals surface area contributed by atoms with Gasteiger partial charge >= 0.3 is 0 Å². The summed E-state index contributed by atoms with van der Waals surface area (Å²) in [6, 6.07) is 10.2. The number of carbonyl (C=O) groups is 1. The van der Waals surface area contributed by atoms with Crippen molar-refractivity contribution in [1.29, 1.82) is 0 Å². The molecule has 150 valence electrons. The summed E-state index contributed by atoms with van der Waals surface area (Å²) in [5, 5.41) is 7.20. The Balaban J connectivity index is 1.48. The maximum absolute atomic E-state index is 13.8. The first-order chi connectivity index (χ1) is 14.0. The molecular formula is C21H18ClF2N3O2. The van der Waals surface area contributed by atoms with Crippen LogP contribution in [0.3, 0.4) is 0 Å². The molecule has 29 heavy (non-hydrogen) atoms. The molecule has 0 unspecified atom stereocenters. The van der Waals surface area contributed by atoms with Gasteiger partial charge in [-0.05, 0) is 43.0 Å². The average molecular weight is 418 g/mol. The second-order valence-corrected chi connectivity index (χ2v) is 7.33. The molecule has 1 amide bonds. The second-order valence-electron chi connectivity index (χ2n) is 6.92. The predicted octanol–water partition coefficient (Wildman–Crippen LogP) is 4.90. The van der Waals surface area contributed by atoms with Crippen molar-refractivity contribution in [3.8, 4) is 5.75 Å². The predicted molar refractivity (Wildman–Crippen MR) is 105 cm³/mol. The van der Waals surface area contributed by atoms with E-state index in [9.17, 15) is 13.6 Å². The summed E-state index contributed by atoms with van der Waals surface area (Å²) in [5.74, 6) is -1.31. The molecule has 1 aliphatic carbocycles. The van der Waals surface area contributed by atoms with E-state index in [4.69, 9.17) is 16.3 Å². The van der Waals surface area contributed by atoms with Crippen LogP contribution in [0, 0.1) is 17.6 Å². The largest absolute Gasteiger partial charge is 0.493 e. The molecular weight excluding hydrogens is 400 g/mol. The minimum Gasteiger partial charge on any atom is -0.493 e. The summed E-state index contributed by atoms with van der Waals surface area (Å²) < 4.78 is 35.0. The Hall–Kier alpha value is -2.93. The van der Waals surface area contributed by atoms with Crippen molar-refractivity contribution in [2.45, 2.75) is 19.4 Å². The second kappa shape index (κ2) is 8.21. The molecule has 4 rings (SSSR count). The smallest absolute Gasteiger partial charge is 0.262 e. The lowest BCUT2D eigenvalue weighted by Crippen LogP contribution is -2.16. The molecule has 0 spiro atoms. The number of nitrogens with one attached hydrogen (secondary N) is 1. The van der Waals surface area contributed by atoms with Gasteiger partial charge < -0.3 is 10.1 Å². The Morgan fingerprint density at radius 1 is 1.17 bits per heavy atom. The van der Waals surface area contributed by atoms with E-state index in [1.165, 1.54) is 25.0 Å². The van der Waals surface area contributed by atoms with E-state index in [2.05, 4.69) is 10.4 Å². The van der Waals surface area contributed by atoms with Crippen LogP contribution in [0.2, 0.25) is 5.02 Å². The van der Waals surface area contributed by atoms with Gasteiger partial charge in [-0.1, -0.05) is 23.7 Å². The number of ether oxygens (including phenoxy) is 1. The van der Waals surface area contributed by atoms with Gasteiger partial charge in [0.05, 0.1) is 13.2 Å². The topological polar surface area (TPSA) is 56.2 Å². The number of amides is 1. The monoisotopic (exact) mass is 417 g/mol. The number of rotatable bonds is 7. The van der Waals surface area contributed by atoms with Crippen LogP contribution in [-0.2, 0) is 6.54 Å². The van der Waals surface area contributed by atoms with Gasteiger partial charge in [0.2, 0.25) is 0 Å². The van der Waals surface area contributed by atoms with Crippen molar-refractivity contribution in [2.24, 2.45) is 5.92 Å². The van der Waals surface area contributed by atoms with Gasteiger partial charge in [0, 0.05) is 22.8 Å². The van der Waals surface area contributed by atoms with E-state index in [0.717, 1.165) is 17.7 Å². The fourth-order valence-electron chi connectivity index (χ4n) is 2.89. The van der Waals surface area contributed by atoms with Gasteiger partial charge in [-0.25, -0.2) is 8.78 Å².